The van der Waals surface area contributed by atoms with Gasteiger partial charge in [0.05, 0.1) is 30.1 Å². The minimum Gasteiger partial charge on any atom is -0.493 e. The van der Waals surface area contributed by atoms with Gasteiger partial charge in [-0.3, -0.25) is 9.59 Å². The number of anilines is 1. The molecule has 0 aromatic heterocycles. The summed E-state index contributed by atoms with van der Waals surface area (Å²) in [6, 6.07) is 12.2. The number of hydrazone groups is 1. The van der Waals surface area contributed by atoms with Crippen LogP contribution in [0, 0.1) is 0 Å². The fourth-order valence-corrected chi connectivity index (χ4v) is 2.54. The summed E-state index contributed by atoms with van der Waals surface area (Å²) in [5.74, 6) is 0.531. The maximum Gasteiger partial charge on any atom is 0.240 e. The Kier molecular flexibility index (Phi) is 8.48. The Hall–Kier alpha value is -3.06. The van der Waals surface area contributed by atoms with E-state index in [4.69, 9.17) is 21.1 Å². The summed E-state index contributed by atoms with van der Waals surface area (Å²) in [4.78, 5) is 23.8. The van der Waals surface area contributed by atoms with Crippen LogP contribution in [0.25, 0.3) is 0 Å². The molecule has 0 atom stereocenters. The maximum atomic E-state index is 11.9. The Morgan fingerprint density at radius 3 is 2.52 bits per heavy atom. The fraction of sp³-hybridized carbons (Fsp3) is 0.286. The van der Waals surface area contributed by atoms with Gasteiger partial charge in [0, 0.05) is 12.8 Å². The molecule has 0 aliphatic rings. The van der Waals surface area contributed by atoms with Crippen molar-refractivity contribution in [2.24, 2.45) is 5.10 Å². The zero-order valence-corrected chi connectivity index (χ0v) is 17.3. The van der Waals surface area contributed by atoms with Gasteiger partial charge >= 0.3 is 0 Å². The highest BCUT2D eigenvalue weighted by Gasteiger charge is 2.09. The molecule has 2 amide bonds. The fourth-order valence-electron chi connectivity index (χ4n) is 2.35. The summed E-state index contributed by atoms with van der Waals surface area (Å²) < 4.78 is 11.0. The Morgan fingerprint density at radius 2 is 1.83 bits per heavy atom. The molecule has 2 N–H and O–H groups in total. The SMILES string of the molecule is COc1cc(C=NNC(=O)CCC(=O)Nc2ccccc2Cl)ccc1OC(C)C. The zero-order chi connectivity index (χ0) is 21.2. The number of methoxy groups -OCH3 is 1. The molecule has 0 bridgehead atoms. The first-order chi connectivity index (χ1) is 13.9. The highest BCUT2D eigenvalue weighted by molar-refractivity contribution is 6.33. The van der Waals surface area contributed by atoms with Crippen LogP contribution in [-0.4, -0.2) is 31.2 Å². The Morgan fingerprint density at radius 1 is 1.10 bits per heavy atom. The van der Waals surface area contributed by atoms with Crippen LogP contribution in [0.1, 0.15) is 32.3 Å². The van der Waals surface area contributed by atoms with Crippen LogP contribution in [-0.2, 0) is 9.59 Å². The molecule has 2 aromatic rings. The molecular weight excluding hydrogens is 394 g/mol. The molecule has 154 valence electrons. The van der Waals surface area contributed by atoms with Gasteiger partial charge < -0.3 is 14.8 Å². The van der Waals surface area contributed by atoms with Gasteiger partial charge in [0.15, 0.2) is 11.5 Å². The van der Waals surface area contributed by atoms with Crippen molar-refractivity contribution < 1.29 is 19.1 Å². The molecule has 0 heterocycles. The van der Waals surface area contributed by atoms with Crippen molar-refractivity contribution >= 4 is 35.3 Å². The Balaban J connectivity index is 1.82. The third-order valence-electron chi connectivity index (χ3n) is 3.68. The van der Waals surface area contributed by atoms with Gasteiger partial charge in [-0.25, -0.2) is 5.43 Å². The van der Waals surface area contributed by atoms with Crippen LogP contribution < -0.4 is 20.2 Å². The molecule has 7 nitrogen and oxygen atoms in total. The smallest absolute Gasteiger partial charge is 0.240 e. The topological polar surface area (TPSA) is 89.0 Å². The van der Waals surface area contributed by atoms with Crippen molar-refractivity contribution in [2.75, 3.05) is 12.4 Å². The number of halogens is 1. The second-order valence-electron chi connectivity index (χ2n) is 6.40. The summed E-state index contributed by atoms with van der Waals surface area (Å²) in [5.41, 5.74) is 3.64. The molecule has 29 heavy (non-hydrogen) atoms. The van der Waals surface area contributed by atoms with Crippen LogP contribution in [0.3, 0.4) is 0 Å². The van der Waals surface area contributed by atoms with Crippen LogP contribution in [0.5, 0.6) is 11.5 Å². The molecule has 0 spiro atoms. The number of hydrogen-bond donors (Lipinski definition) is 2. The number of ether oxygens (including phenoxy) is 2. The van der Waals surface area contributed by atoms with Gasteiger partial charge in [-0.1, -0.05) is 23.7 Å². The number of carbonyl (C=O) groups excluding carboxylic acids is 2. The van der Waals surface area contributed by atoms with Crippen molar-refractivity contribution in [3.05, 3.63) is 53.1 Å². The van der Waals surface area contributed by atoms with Gasteiger partial charge in [-0.05, 0) is 49.7 Å². The molecule has 2 aromatic carbocycles. The molecule has 0 radical (unpaired) electrons. The minimum atomic E-state index is -0.373. The van der Waals surface area contributed by atoms with Gasteiger partial charge in [0.1, 0.15) is 0 Å². The van der Waals surface area contributed by atoms with Crippen molar-refractivity contribution in [1.29, 1.82) is 0 Å². The molecule has 8 heteroatoms. The third kappa shape index (κ3) is 7.46. The van der Waals surface area contributed by atoms with E-state index in [2.05, 4.69) is 15.8 Å². The van der Waals surface area contributed by atoms with E-state index in [0.717, 1.165) is 5.56 Å². The average molecular weight is 418 g/mol. The number of rotatable bonds is 9. The quantitative estimate of drug-likeness (QED) is 0.476. The predicted molar refractivity (Wildman–Crippen MR) is 114 cm³/mol. The lowest BCUT2D eigenvalue weighted by atomic mass is 10.2. The van der Waals surface area contributed by atoms with Gasteiger partial charge in [-0.2, -0.15) is 5.10 Å². The number of hydrogen-bond acceptors (Lipinski definition) is 5. The van der Waals surface area contributed by atoms with Gasteiger partial charge in [0.2, 0.25) is 11.8 Å². The number of para-hydroxylation sites is 1. The maximum absolute atomic E-state index is 11.9. The lowest BCUT2D eigenvalue weighted by Crippen LogP contribution is -2.20. The van der Waals surface area contributed by atoms with Crippen molar-refractivity contribution in [1.82, 2.24) is 5.43 Å². The van der Waals surface area contributed by atoms with E-state index in [9.17, 15) is 9.59 Å². The second kappa shape index (κ2) is 11.1. The van der Waals surface area contributed by atoms with E-state index >= 15 is 0 Å². The van der Waals surface area contributed by atoms with E-state index in [1.54, 1.807) is 49.6 Å². The monoisotopic (exact) mass is 417 g/mol. The number of benzene rings is 2. The van der Waals surface area contributed by atoms with E-state index < -0.39 is 0 Å². The number of nitrogens with one attached hydrogen (secondary N) is 2. The van der Waals surface area contributed by atoms with E-state index in [1.807, 2.05) is 13.8 Å². The minimum absolute atomic E-state index is 0.00187. The first-order valence-corrected chi connectivity index (χ1v) is 9.48. The number of carbonyl (C=O) groups is 2. The van der Waals surface area contributed by atoms with Crippen molar-refractivity contribution in [2.45, 2.75) is 32.8 Å². The molecular formula is C21H24ClN3O4. The molecule has 0 saturated carbocycles. The van der Waals surface area contributed by atoms with E-state index in [-0.39, 0.29) is 30.8 Å². The molecule has 0 aliphatic heterocycles. The lowest BCUT2D eigenvalue weighted by Gasteiger charge is -2.13. The predicted octanol–water partition coefficient (Wildman–Crippen LogP) is 4.00. The normalized spacial score (nSPS) is 10.8. The van der Waals surface area contributed by atoms with Crippen LogP contribution in [0.4, 0.5) is 5.69 Å². The standard InChI is InChI=1S/C21H24ClN3O4/c1-14(2)29-18-9-8-15(12-19(18)28-3)13-23-25-21(27)11-10-20(26)24-17-7-5-4-6-16(17)22/h4-9,12-14H,10-11H2,1-3H3,(H,24,26)(H,25,27). The largest absolute Gasteiger partial charge is 0.493 e. The second-order valence-corrected chi connectivity index (χ2v) is 6.81. The van der Waals surface area contributed by atoms with Gasteiger partial charge in [-0.15, -0.1) is 0 Å². The molecule has 2 rings (SSSR count). The average Bonchev–Trinajstić information content (AvgIpc) is 2.69. The van der Waals surface area contributed by atoms with Gasteiger partial charge in [0.25, 0.3) is 0 Å². The zero-order valence-electron chi connectivity index (χ0n) is 16.6. The molecule has 0 fully saturated rings. The number of nitrogens with zero attached hydrogens (tertiary/aromatic N) is 1. The van der Waals surface area contributed by atoms with E-state index in [0.29, 0.717) is 22.2 Å². The summed E-state index contributed by atoms with van der Waals surface area (Å²) in [5, 5.41) is 7.01. The van der Waals surface area contributed by atoms with Crippen LogP contribution >= 0.6 is 11.6 Å². The summed E-state index contributed by atoms with van der Waals surface area (Å²) in [7, 11) is 1.55. The highest BCUT2D eigenvalue weighted by atomic mass is 35.5. The van der Waals surface area contributed by atoms with Crippen molar-refractivity contribution in [3.63, 3.8) is 0 Å². The molecule has 0 aliphatic carbocycles. The molecule has 0 saturated heterocycles. The van der Waals surface area contributed by atoms with Crippen molar-refractivity contribution in [3.8, 4) is 11.5 Å². The first kappa shape index (κ1) is 22.2. The Labute approximate surface area is 175 Å². The lowest BCUT2D eigenvalue weighted by molar-refractivity contribution is -0.124. The first-order valence-electron chi connectivity index (χ1n) is 9.10. The summed E-state index contributed by atoms with van der Waals surface area (Å²) in [6.45, 7) is 3.86. The summed E-state index contributed by atoms with van der Waals surface area (Å²) >= 11 is 5.98. The Bertz CT molecular complexity index is 884. The number of amides is 2. The van der Waals surface area contributed by atoms with Crippen LogP contribution in [0.15, 0.2) is 47.6 Å². The van der Waals surface area contributed by atoms with E-state index in [1.165, 1.54) is 6.21 Å². The third-order valence-corrected chi connectivity index (χ3v) is 4.01. The van der Waals surface area contributed by atoms with Crippen LogP contribution in [0.2, 0.25) is 5.02 Å². The summed E-state index contributed by atoms with van der Waals surface area (Å²) in [6.07, 6.45) is 1.53. The molecule has 0 unspecified atom stereocenters. The highest BCUT2D eigenvalue weighted by Crippen LogP contribution is 2.28.